The number of rotatable bonds is 4. The highest BCUT2D eigenvalue weighted by atomic mass is 79.9. The summed E-state index contributed by atoms with van der Waals surface area (Å²) in [6, 6.07) is 20.1. The number of aromatic nitrogens is 1. The van der Waals surface area contributed by atoms with Gasteiger partial charge in [0.1, 0.15) is 0 Å². The van der Waals surface area contributed by atoms with Crippen molar-refractivity contribution in [3.05, 3.63) is 70.8 Å². The molecule has 2 aromatic carbocycles. The largest absolute Gasteiger partial charge is 0.395 e. The summed E-state index contributed by atoms with van der Waals surface area (Å²) in [5.74, 6) is 0. The first-order valence-corrected chi connectivity index (χ1v) is 7.71. The molecule has 22 heavy (non-hydrogen) atoms. The molecule has 0 unspecified atom stereocenters. The lowest BCUT2D eigenvalue weighted by atomic mass is 10.2. The maximum Gasteiger partial charge on any atom is 0.190 e. The summed E-state index contributed by atoms with van der Waals surface area (Å²) in [7, 11) is 0. The van der Waals surface area contributed by atoms with Gasteiger partial charge in [0.25, 0.3) is 0 Å². The lowest BCUT2D eigenvalue weighted by molar-refractivity contribution is 0.275. The predicted octanol–water partition coefficient (Wildman–Crippen LogP) is 4.02. The SMILES string of the molecule is Br.OCCn1c(-c2ccccc2)csc1=Nc1ccccc1. The summed E-state index contributed by atoms with van der Waals surface area (Å²) in [5, 5.41) is 11.4. The normalized spacial score (nSPS) is 11.2. The molecule has 0 saturated carbocycles. The number of thiazole rings is 1. The van der Waals surface area contributed by atoms with E-state index in [1.54, 1.807) is 11.3 Å². The number of hydrogen-bond acceptors (Lipinski definition) is 3. The number of halogens is 1. The van der Waals surface area contributed by atoms with Crippen LogP contribution in [0.2, 0.25) is 0 Å². The minimum Gasteiger partial charge on any atom is -0.395 e. The molecule has 0 aliphatic carbocycles. The van der Waals surface area contributed by atoms with Gasteiger partial charge in [-0.15, -0.1) is 28.3 Å². The van der Waals surface area contributed by atoms with Crippen molar-refractivity contribution in [2.75, 3.05) is 6.61 Å². The Hall–Kier alpha value is -1.69. The second-order valence-electron chi connectivity index (χ2n) is 4.59. The number of hydrogen-bond donors (Lipinski definition) is 1. The van der Waals surface area contributed by atoms with Crippen molar-refractivity contribution in [2.45, 2.75) is 6.54 Å². The van der Waals surface area contributed by atoms with Crippen molar-refractivity contribution in [1.82, 2.24) is 4.57 Å². The van der Waals surface area contributed by atoms with Crippen molar-refractivity contribution in [3.63, 3.8) is 0 Å². The molecular weight excluding hydrogens is 360 g/mol. The highest BCUT2D eigenvalue weighted by Crippen LogP contribution is 2.20. The lowest BCUT2D eigenvalue weighted by Crippen LogP contribution is -2.17. The Morgan fingerprint density at radius 3 is 2.23 bits per heavy atom. The molecule has 0 bridgehead atoms. The Balaban J connectivity index is 0.00000176. The van der Waals surface area contributed by atoms with Crippen LogP contribution in [0, 0.1) is 0 Å². The summed E-state index contributed by atoms with van der Waals surface area (Å²) in [4.78, 5) is 5.57. The highest BCUT2D eigenvalue weighted by molar-refractivity contribution is 8.93. The van der Waals surface area contributed by atoms with Gasteiger partial charge in [0, 0.05) is 11.9 Å². The molecule has 0 amide bonds. The first-order valence-electron chi connectivity index (χ1n) is 6.83. The van der Waals surface area contributed by atoms with E-state index in [1.165, 1.54) is 0 Å². The van der Waals surface area contributed by atoms with Crippen LogP contribution in [-0.4, -0.2) is 16.3 Å². The van der Waals surface area contributed by atoms with E-state index >= 15 is 0 Å². The fourth-order valence-corrected chi connectivity index (χ4v) is 3.14. The minimum atomic E-state index is 0. The van der Waals surface area contributed by atoms with Gasteiger partial charge in [-0.3, -0.25) is 0 Å². The zero-order chi connectivity index (χ0) is 14.5. The van der Waals surface area contributed by atoms with E-state index in [-0.39, 0.29) is 23.6 Å². The third-order valence-corrected chi connectivity index (χ3v) is 4.04. The van der Waals surface area contributed by atoms with E-state index in [4.69, 9.17) is 0 Å². The van der Waals surface area contributed by atoms with Crippen molar-refractivity contribution in [2.24, 2.45) is 4.99 Å². The number of aliphatic hydroxyl groups is 1. The summed E-state index contributed by atoms with van der Waals surface area (Å²) >= 11 is 1.59. The molecule has 3 nitrogen and oxygen atoms in total. The van der Waals surface area contributed by atoms with Crippen LogP contribution in [0.1, 0.15) is 0 Å². The second kappa shape index (κ2) is 8.08. The molecule has 114 valence electrons. The van der Waals surface area contributed by atoms with E-state index in [9.17, 15) is 5.11 Å². The Bertz CT molecular complexity index is 766. The van der Waals surface area contributed by atoms with Crippen molar-refractivity contribution < 1.29 is 5.11 Å². The zero-order valence-corrected chi connectivity index (χ0v) is 14.5. The molecule has 1 heterocycles. The maximum atomic E-state index is 9.34. The van der Waals surface area contributed by atoms with Gasteiger partial charge in [-0.25, -0.2) is 4.99 Å². The van der Waals surface area contributed by atoms with E-state index in [0.717, 1.165) is 21.7 Å². The van der Waals surface area contributed by atoms with E-state index in [1.807, 2.05) is 48.5 Å². The Kier molecular flexibility index (Phi) is 6.12. The van der Waals surface area contributed by atoms with Crippen LogP contribution >= 0.6 is 28.3 Å². The van der Waals surface area contributed by atoms with Crippen LogP contribution in [0.25, 0.3) is 11.3 Å². The van der Waals surface area contributed by atoms with E-state index in [2.05, 4.69) is 27.1 Å². The van der Waals surface area contributed by atoms with E-state index in [0.29, 0.717) is 6.54 Å². The van der Waals surface area contributed by atoms with Gasteiger partial charge in [-0.1, -0.05) is 48.5 Å². The second-order valence-corrected chi connectivity index (χ2v) is 5.43. The zero-order valence-electron chi connectivity index (χ0n) is 11.9. The third kappa shape index (κ3) is 3.74. The van der Waals surface area contributed by atoms with Crippen LogP contribution in [0.4, 0.5) is 5.69 Å². The van der Waals surface area contributed by atoms with Gasteiger partial charge in [0.05, 0.1) is 18.0 Å². The van der Waals surface area contributed by atoms with Crippen molar-refractivity contribution in [3.8, 4) is 11.3 Å². The summed E-state index contributed by atoms with van der Waals surface area (Å²) in [6.45, 7) is 0.637. The van der Waals surface area contributed by atoms with Gasteiger partial charge < -0.3 is 9.67 Å². The van der Waals surface area contributed by atoms with Gasteiger partial charge in [0.2, 0.25) is 0 Å². The Morgan fingerprint density at radius 1 is 0.955 bits per heavy atom. The standard InChI is InChI=1S/C17H16N2OS.BrH/c20-12-11-19-16(14-7-3-1-4-8-14)13-21-17(19)18-15-9-5-2-6-10-15;/h1-10,13,20H,11-12H2;1H. The molecule has 0 aliphatic heterocycles. The number of para-hydroxylation sites is 1. The van der Waals surface area contributed by atoms with Crippen LogP contribution < -0.4 is 4.80 Å². The molecule has 1 aromatic heterocycles. The van der Waals surface area contributed by atoms with Crippen LogP contribution in [0.3, 0.4) is 0 Å². The van der Waals surface area contributed by atoms with Gasteiger partial charge >= 0.3 is 0 Å². The topological polar surface area (TPSA) is 37.5 Å². The van der Waals surface area contributed by atoms with Crippen LogP contribution in [0.15, 0.2) is 71.0 Å². The van der Waals surface area contributed by atoms with Gasteiger partial charge in [-0.05, 0) is 17.7 Å². The maximum absolute atomic E-state index is 9.34. The number of nitrogens with zero attached hydrogens (tertiary/aromatic N) is 2. The first-order chi connectivity index (χ1) is 10.4. The Morgan fingerprint density at radius 2 is 1.59 bits per heavy atom. The molecule has 0 spiro atoms. The van der Waals surface area contributed by atoms with Crippen molar-refractivity contribution in [1.29, 1.82) is 0 Å². The predicted molar refractivity (Wildman–Crippen MR) is 96.8 cm³/mol. The number of benzene rings is 2. The molecule has 0 atom stereocenters. The molecule has 5 heteroatoms. The third-order valence-electron chi connectivity index (χ3n) is 3.17. The fourth-order valence-electron chi connectivity index (χ4n) is 2.19. The Labute approximate surface area is 144 Å². The van der Waals surface area contributed by atoms with E-state index < -0.39 is 0 Å². The van der Waals surface area contributed by atoms with Crippen molar-refractivity contribution >= 4 is 34.0 Å². The molecule has 3 aromatic rings. The lowest BCUT2D eigenvalue weighted by Gasteiger charge is -2.07. The van der Waals surface area contributed by atoms with Gasteiger partial charge in [-0.2, -0.15) is 0 Å². The van der Waals surface area contributed by atoms with Crippen LogP contribution in [-0.2, 0) is 6.54 Å². The monoisotopic (exact) mass is 376 g/mol. The molecule has 3 rings (SSSR count). The summed E-state index contributed by atoms with van der Waals surface area (Å²) < 4.78 is 2.06. The molecule has 0 saturated heterocycles. The average Bonchev–Trinajstić information content (AvgIpc) is 2.92. The number of aliphatic hydroxyl groups excluding tert-OH is 1. The minimum absolute atomic E-state index is 0. The highest BCUT2D eigenvalue weighted by Gasteiger charge is 2.07. The summed E-state index contributed by atoms with van der Waals surface area (Å²) in [6.07, 6.45) is 0. The first kappa shape index (κ1) is 16.7. The van der Waals surface area contributed by atoms with Crippen LogP contribution in [0.5, 0.6) is 0 Å². The summed E-state index contributed by atoms with van der Waals surface area (Å²) in [5.41, 5.74) is 3.15. The quantitative estimate of drug-likeness (QED) is 0.733. The molecule has 1 N–H and O–H groups in total. The fraction of sp³-hybridized carbons (Fsp3) is 0.118. The molecule has 0 aliphatic rings. The molecule has 0 fully saturated rings. The average molecular weight is 377 g/mol. The molecular formula is C17H17BrN2OS. The molecule has 0 radical (unpaired) electrons. The van der Waals surface area contributed by atoms with Gasteiger partial charge in [0.15, 0.2) is 4.80 Å². The smallest absolute Gasteiger partial charge is 0.190 e.